The molecule has 0 aromatic carbocycles. The van der Waals surface area contributed by atoms with Gasteiger partial charge in [0.25, 0.3) is 0 Å². The summed E-state index contributed by atoms with van der Waals surface area (Å²) in [6.07, 6.45) is 4.78. The van der Waals surface area contributed by atoms with Gasteiger partial charge in [0.1, 0.15) is 6.54 Å². The van der Waals surface area contributed by atoms with Gasteiger partial charge in [0.2, 0.25) is 5.91 Å². The van der Waals surface area contributed by atoms with Crippen molar-refractivity contribution in [3.63, 3.8) is 0 Å². The van der Waals surface area contributed by atoms with E-state index < -0.39 is 0 Å². The molecule has 1 aromatic heterocycles. The van der Waals surface area contributed by atoms with E-state index in [-0.39, 0.29) is 18.5 Å². The van der Waals surface area contributed by atoms with Crippen LogP contribution in [0.4, 0.5) is 0 Å². The van der Waals surface area contributed by atoms with Crippen LogP contribution in [-0.4, -0.2) is 38.9 Å². The predicted octanol–water partition coefficient (Wildman–Crippen LogP) is 0.946. The molecule has 2 rings (SSSR count). The number of carbonyl (C=O) groups excluding carboxylic acids is 1. The van der Waals surface area contributed by atoms with E-state index in [2.05, 4.69) is 17.2 Å². The molecule has 0 aliphatic carbocycles. The lowest BCUT2D eigenvalue weighted by molar-refractivity contribution is -0.133. The maximum atomic E-state index is 12.1. The van der Waals surface area contributed by atoms with Crippen LogP contribution in [0.2, 0.25) is 0 Å². The Balaban J connectivity index is 1.90. The summed E-state index contributed by atoms with van der Waals surface area (Å²) in [5.74, 6) is 0.845. The van der Waals surface area contributed by atoms with E-state index in [9.17, 15) is 4.79 Å². The van der Waals surface area contributed by atoms with Gasteiger partial charge in [-0.25, -0.2) is 4.68 Å². The Morgan fingerprint density at radius 2 is 2.21 bits per heavy atom. The molecule has 0 radical (unpaired) electrons. The molecular weight excluding hydrogens is 242 g/mol. The largest absolute Gasteiger partial charge is 0.341 e. The number of aromatic nitrogens is 3. The van der Waals surface area contributed by atoms with Gasteiger partial charge >= 0.3 is 0 Å². The first kappa shape index (κ1) is 14.0. The first-order valence-corrected chi connectivity index (χ1v) is 7.03. The third-order valence-corrected chi connectivity index (χ3v) is 3.81. The van der Waals surface area contributed by atoms with Crippen LogP contribution in [0.5, 0.6) is 0 Å². The van der Waals surface area contributed by atoms with Gasteiger partial charge in [0, 0.05) is 13.1 Å². The quantitative estimate of drug-likeness (QED) is 0.879. The Morgan fingerprint density at radius 3 is 2.84 bits per heavy atom. The number of likely N-dealkylation sites (tertiary alicyclic amines) is 1. The number of amides is 1. The van der Waals surface area contributed by atoms with Crippen molar-refractivity contribution < 1.29 is 4.79 Å². The van der Waals surface area contributed by atoms with E-state index in [0.29, 0.717) is 0 Å². The van der Waals surface area contributed by atoms with Gasteiger partial charge in [-0.15, -0.1) is 5.10 Å². The van der Waals surface area contributed by atoms with Crippen LogP contribution in [0, 0.1) is 5.92 Å². The number of hydrogen-bond donors (Lipinski definition) is 1. The monoisotopic (exact) mass is 265 g/mol. The van der Waals surface area contributed by atoms with E-state index in [0.717, 1.165) is 44.0 Å². The maximum Gasteiger partial charge on any atom is 0.244 e. The van der Waals surface area contributed by atoms with Gasteiger partial charge in [-0.3, -0.25) is 4.79 Å². The number of piperidine rings is 1. The van der Waals surface area contributed by atoms with Crippen LogP contribution < -0.4 is 5.73 Å². The second-order valence-electron chi connectivity index (χ2n) is 5.42. The molecule has 6 nitrogen and oxygen atoms in total. The molecule has 2 N–H and O–H groups in total. The van der Waals surface area contributed by atoms with Gasteiger partial charge in [-0.1, -0.05) is 19.1 Å². The Bertz CT molecular complexity index is 422. The second-order valence-corrected chi connectivity index (χ2v) is 5.42. The average molecular weight is 265 g/mol. The molecule has 0 spiro atoms. The highest BCUT2D eigenvalue weighted by Gasteiger charge is 2.21. The summed E-state index contributed by atoms with van der Waals surface area (Å²) in [5, 5.41) is 7.99. The van der Waals surface area contributed by atoms with E-state index in [4.69, 9.17) is 5.73 Å². The first-order valence-electron chi connectivity index (χ1n) is 7.03. The van der Waals surface area contributed by atoms with Gasteiger partial charge in [-0.05, 0) is 25.2 Å². The van der Waals surface area contributed by atoms with Crippen LogP contribution in [0.15, 0.2) is 6.20 Å². The summed E-state index contributed by atoms with van der Waals surface area (Å²) in [5.41, 5.74) is 6.64. The second kappa shape index (κ2) is 6.14. The molecule has 1 aliphatic heterocycles. The fraction of sp³-hybridized carbons (Fsp3) is 0.769. The molecule has 1 saturated heterocycles. The Kier molecular flexibility index (Phi) is 4.52. The number of carbonyl (C=O) groups is 1. The minimum Gasteiger partial charge on any atom is -0.341 e. The van der Waals surface area contributed by atoms with E-state index >= 15 is 0 Å². The predicted molar refractivity (Wildman–Crippen MR) is 72.2 cm³/mol. The van der Waals surface area contributed by atoms with Crippen molar-refractivity contribution in [3.8, 4) is 0 Å². The highest BCUT2D eigenvalue weighted by atomic mass is 16.2. The van der Waals surface area contributed by atoms with E-state index in [1.54, 1.807) is 10.9 Å². The Hall–Kier alpha value is -1.43. The third kappa shape index (κ3) is 3.53. The minimum absolute atomic E-state index is 0.0975. The molecule has 1 aliphatic rings. The zero-order chi connectivity index (χ0) is 13.8. The lowest BCUT2D eigenvalue weighted by atomic mass is 9.99. The summed E-state index contributed by atoms with van der Waals surface area (Å²) >= 11 is 0. The standard InChI is InChI=1S/C13H23N5O/c1-3-11(14)12-8-18(16-15-12)9-13(19)17-6-4-10(2)5-7-17/h8,10-11H,3-7,9,14H2,1-2H3. The van der Waals surface area contributed by atoms with Gasteiger partial charge in [0.05, 0.1) is 17.9 Å². The topological polar surface area (TPSA) is 77.0 Å². The lowest BCUT2D eigenvalue weighted by Crippen LogP contribution is -2.39. The van der Waals surface area contributed by atoms with Crippen LogP contribution >= 0.6 is 0 Å². The van der Waals surface area contributed by atoms with Crippen molar-refractivity contribution in [3.05, 3.63) is 11.9 Å². The van der Waals surface area contributed by atoms with Crippen molar-refractivity contribution in [2.45, 2.75) is 45.7 Å². The van der Waals surface area contributed by atoms with Crippen LogP contribution in [0.1, 0.15) is 44.8 Å². The number of hydrogen-bond acceptors (Lipinski definition) is 4. The molecule has 0 saturated carbocycles. The number of rotatable bonds is 4. The maximum absolute atomic E-state index is 12.1. The van der Waals surface area contributed by atoms with E-state index in [1.807, 2.05) is 11.8 Å². The van der Waals surface area contributed by atoms with Crippen molar-refractivity contribution in [1.29, 1.82) is 0 Å². The lowest BCUT2D eigenvalue weighted by Gasteiger charge is -2.30. The fourth-order valence-electron chi connectivity index (χ4n) is 2.27. The Morgan fingerprint density at radius 1 is 1.53 bits per heavy atom. The number of nitrogens with two attached hydrogens (primary N) is 1. The summed E-state index contributed by atoms with van der Waals surface area (Å²) < 4.78 is 1.59. The summed E-state index contributed by atoms with van der Waals surface area (Å²) in [6.45, 7) is 6.21. The van der Waals surface area contributed by atoms with Crippen molar-refractivity contribution in [2.24, 2.45) is 11.7 Å². The van der Waals surface area contributed by atoms with Gasteiger partial charge in [-0.2, -0.15) is 0 Å². The molecule has 1 fully saturated rings. The zero-order valence-corrected chi connectivity index (χ0v) is 11.7. The summed E-state index contributed by atoms with van der Waals surface area (Å²) in [4.78, 5) is 14.0. The molecule has 106 valence electrons. The molecular formula is C13H23N5O. The smallest absolute Gasteiger partial charge is 0.244 e. The van der Waals surface area contributed by atoms with E-state index in [1.165, 1.54) is 0 Å². The van der Waals surface area contributed by atoms with Crippen LogP contribution in [0.3, 0.4) is 0 Å². The average Bonchev–Trinajstić information content (AvgIpc) is 2.87. The molecule has 0 bridgehead atoms. The normalized spacial score (nSPS) is 18.6. The van der Waals surface area contributed by atoms with Crippen molar-refractivity contribution in [2.75, 3.05) is 13.1 Å². The third-order valence-electron chi connectivity index (χ3n) is 3.81. The summed E-state index contributed by atoms with van der Waals surface area (Å²) in [7, 11) is 0. The SMILES string of the molecule is CCC(N)c1cn(CC(=O)N2CCC(C)CC2)nn1. The molecule has 2 heterocycles. The molecule has 1 unspecified atom stereocenters. The zero-order valence-electron chi connectivity index (χ0n) is 11.7. The molecule has 1 aromatic rings. The van der Waals surface area contributed by atoms with Gasteiger partial charge in [0.15, 0.2) is 0 Å². The first-order chi connectivity index (χ1) is 9.10. The highest BCUT2D eigenvalue weighted by Crippen LogP contribution is 2.16. The highest BCUT2D eigenvalue weighted by molar-refractivity contribution is 5.75. The minimum atomic E-state index is -0.0975. The molecule has 1 amide bonds. The Labute approximate surface area is 113 Å². The van der Waals surface area contributed by atoms with Crippen molar-refractivity contribution >= 4 is 5.91 Å². The van der Waals surface area contributed by atoms with Gasteiger partial charge < -0.3 is 10.6 Å². The molecule has 6 heteroatoms. The van der Waals surface area contributed by atoms with Crippen LogP contribution in [0.25, 0.3) is 0 Å². The van der Waals surface area contributed by atoms with Crippen LogP contribution in [-0.2, 0) is 11.3 Å². The number of nitrogens with zero attached hydrogens (tertiary/aromatic N) is 4. The summed E-state index contributed by atoms with van der Waals surface area (Å²) in [6, 6.07) is -0.0975. The fourth-order valence-corrected chi connectivity index (χ4v) is 2.27. The molecule has 19 heavy (non-hydrogen) atoms. The van der Waals surface area contributed by atoms with Crippen molar-refractivity contribution in [1.82, 2.24) is 19.9 Å². The molecule has 1 atom stereocenters.